The summed E-state index contributed by atoms with van der Waals surface area (Å²) >= 11 is 0. The first kappa shape index (κ1) is 18.0. The highest BCUT2D eigenvalue weighted by atomic mass is 16.2. The summed E-state index contributed by atoms with van der Waals surface area (Å²) in [5, 5.41) is 1.18. The summed E-state index contributed by atoms with van der Waals surface area (Å²) < 4.78 is 0. The molecule has 1 aromatic carbocycles. The Hall–Kier alpha value is -1.85. The average molecular weight is 342 g/mol. The van der Waals surface area contributed by atoms with Gasteiger partial charge in [0, 0.05) is 68.5 Å². The quantitative estimate of drug-likeness (QED) is 0.907. The van der Waals surface area contributed by atoms with Gasteiger partial charge in [0.1, 0.15) is 0 Å². The molecule has 1 aliphatic heterocycles. The average Bonchev–Trinajstić information content (AvgIpc) is 2.94. The van der Waals surface area contributed by atoms with Gasteiger partial charge >= 0.3 is 0 Å². The number of aryl methyl sites for hydroxylation is 2. The van der Waals surface area contributed by atoms with Crippen molar-refractivity contribution in [2.45, 2.75) is 20.3 Å². The highest BCUT2D eigenvalue weighted by molar-refractivity contribution is 5.99. The Kier molecular flexibility index (Phi) is 5.45. The second-order valence-corrected chi connectivity index (χ2v) is 7.21. The monoisotopic (exact) mass is 342 g/mol. The minimum Gasteiger partial charge on any atom is -0.358 e. The maximum Gasteiger partial charge on any atom is 0.253 e. The molecule has 1 saturated heterocycles. The summed E-state index contributed by atoms with van der Waals surface area (Å²) in [4.78, 5) is 22.9. The molecule has 2 aromatic rings. The Bertz CT molecular complexity index is 743. The van der Waals surface area contributed by atoms with Crippen LogP contribution < -0.4 is 0 Å². The van der Waals surface area contributed by atoms with E-state index in [1.807, 2.05) is 30.1 Å². The van der Waals surface area contributed by atoms with Gasteiger partial charge in [0.25, 0.3) is 5.91 Å². The molecule has 3 rings (SSSR count). The van der Waals surface area contributed by atoms with Crippen molar-refractivity contribution < 1.29 is 4.79 Å². The van der Waals surface area contributed by atoms with Gasteiger partial charge in [0.05, 0.1) is 0 Å². The van der Waals surface area contributed by atoms with E-state index >= 15 is 0 Å². The number of carbonyl (C=O) groups is 1. The van der Waals surface area contributed by atoms with Crippen LogP contribution in [0.1, 0.15) is 28.5 Å². The smallest absolute Gasteiger partial charge is 0.253 e. The molecule has 1 fully saturated rings. The van der Waals surface area contributed by atoms with Crippen molar-refractivity contribution >= 4 is 16.8 Å². The van der Waals surface area contributed by atoms with Crippen molar-refractivity contribution in [1.29, 1.82) is 0 Å². The fraction of sp³-hybridized carbons (Fsp3) is 0.550. The summed E-state index contributed by atoms with van der Waals surface area (Å²) in [7, 11) is 4.07. The number of aromatic amines is 1. The van der Waals surface area contributed by atoms with E-state index in [-0.39, 0.29) is 5.91 Å². The number of amides is 1. The molecule has 2 heterocycles. The maximum atomic E-state index is 12.8. The van der Waals surface area contributed by atoms with Crippen LogP contribution in [0.25, 0.3) is 10.9 Å². The zero-order valence-corrected chi connectivity index (χ0v) is 15.9. The van der Waals surface area contributed by atoms with Gasteiger partial charge in [-0.25, -0.2) is 0 Å². The number of benzene rings is 1. The van der Waals surface area contributed by atoms with Crippen molar-refractivity contribution in [1.82, 2.24) is 19.7 Å². The number of hydrogen-bond acceptors (Lipinski definition) is 3. The third-order valence-electron chi connectivity index (χ3n) is 5.41. The first-order valence-electron chi connectivity index (χ1n) is 9.27. The molecule has 5 heteroatoms. The van der Waals surface area contributed by atoms with Crippen molar-refractivity contribution in [3.8, 4) is 0 Å². The van der Waals surface area contributed by atoms with E-state index in [1.54, 1.807) is 0 Å². The van der Waals surface area contributed by atoms with Crippen LogP contribution in [0.3, 0.4) is 0 Å². The van der Waals surface area contributed by atoms with Gasteiger partial charge in [-0.15, -0.1) is 0 Å². The number of carbonyl (C=O) groups excluding carboxylic acids is 1. The van der Waals surface area contributed by atoms with Crippen LogP contribution >= 0.6 is 0 Å². The number of H-pyrrole nitrogens is 1. The topological polar surface area (TPSA) is 42.6 Å². The fourth-order valence-electron chi connectivity index (χ4n) is 3.66. The van der Waals surface area contributed by atoms with Gasteiger partial charge in [-0.3, -0.25) is 9.69 Å². The van der Waals surface area contributed by atoms with E-state index < -0.39 is 0 Å². The molecule has 0 aliphatic carbocycles. The van der Waals surface area contributed by atoms with Crippen LogP contribution in [0.15, 0.2) is 18.2 Å². The summed E-state index contributed by atoms with van der Waals surface area (Å²) in [5.74, 6) is 0.108. The van der Waals surface area contributed by atoms with Crippen LogP contribution in [-0.2, 0) is 6.42 Å². The van der Waals surface area contributed by atoms with Gasteiger partial charge in [0.2, 0.25) is 0 Å². The van der Waals surface area contributed by atoms with Crippen molar-refractivity contribution in [3.05, 3.63) is 35.0 Å². The molecule has 1 aromatic heterocycles. The van der Waals surface area contributed by atoms with Gasteiger partial charge < -0.3 is 14.8 Å². The number of fused-ring (bicyclic) bond motifs is 1. The third-order valence-corrected chi connectivity index (χ3v) is 5.41. The molecule has 0 spiro atoms. The number of likely N-dealkylation sites (N-methyl/N-ethyl adjacent to an activating group) is 2. The summed E-state index contributed by atoms with van der Waals surface area (Å²) in [6.07, 6.45) is 0.975. The van der Waals surface area contributed by atoms with Gasteiger partial charge in [-0.05, 0) is 44.2 Å². The van der Waals surface area contributed by atoms with E-state index in [0.29, 0.717) is 0 Å². The number of rotatable bonds is 5. The number of nitrogens with one attached hydrogen (secondary N) is 1. The van der Waals surface area contributed by atoms with Crippen molar-refractivity contribution in [3.63, 3.8) is 0 Å². The van der Waals surface area contributed by atoms with Crippen molar-refractivity contribution in [2.24, 2.45) is 0 Å². The summed E-state index contributed by atoms with van der Waals surface area (Å²) in [6.45, 7) is 10.4. The Morgan fingerprint density at radius 1 is 1.24 bits per heavy atom. The largest absolute Gasteiger partial charge is 0.358 e. The van der Waals surface area contributed by atoms with E-state index in [0.717, 1.165) is 56.8 Å². The van der Waals surface area contributed by atoms with Gasteiger partial charge in [-0.1, -0.05) is 6.92 Å². The molecule has 0 atom stereocenters. The summed E-state index contributed by atoms with van der Waals surface area (Å²) in [5.41, 5.74) is 4.41. The molecule has 0 bridgehead atoms. The van der Waals surface area contributed by atoms with Crippen LogP contribution in [0, 0.1) is 6.92 Å². The number of aromatic nitrogens is 1. The first-order valence-corrected chi connectivity index (χ1v) is 9.27. The van der Waals surface area contributed by atoms with E-state index in [9.17, 15) is 4.79 Å². The molecule has 5 nitrogen and oxygen atoms in total. The zero-order valence-electron chi connectivity index (χ0n) is 15.9. The lowest BCUT2D eigenvalue weighted by Crippen LogP contribution is -2.47. The maximum absolute atomic E-state index is 12.8. The molecule has 0 unspecified atom stereocenters. The standard InChI is InChI=1S/C20H30N4O/c1-5-17-15(2)21-19-7-6-16(14-18(17)19)20(25)23(4)10-13-24-11-8-22(3)9-12-24/h6-7,14,21H,5,8-13H2,1-4H3. The van der Waals surface area contributed by atoms with Crippen LogP contribution in [0.4, 0.5) is 0 Å². The molecule has 1 aliphatic rings. The SMILES string of the molecule is CCc1c(C)[nH]c2ccc(C(=O)N(C)CCN3CCN(C)CC3)cc12. The Balaban J connectivity index is 1.66. The Labute approximate surface area is 150 Å². The predicted octanol–water partition coefficient (Wildman–Crippen LogP) is 2.36. The molecular weight excluding hydrogens is 312 g/mol. The first-order chi connectivity index (χ1) is 12.0. The van der Waals surface area contributed by atoms with Gasteiger partial charge in [0.15, 0.2) is 0 Å². The lowest BCUT2D eigenvalue weighted by Gasteiger charge is -2.33. The second-order valence-electron chi connectivity index (χ2n) is 7.21. The normalized spacial score (nSPS) is 16.5. The number of hydrogen-bond donors (Lipinski definition) is 1. The molecule has 0 radical (unpaired) electrons. The van der Waals surface area contributed by atoms with Gasteiger partial charge in [-0.2, -0.15) is 0 Å². The van der Waals surface area contributed by atoms with E-state index in [4.69, 9.17) is 0 Å². The fourth-order valence-corrected chi connectivity index (χ4v) is 3.66. The summed E-state index contributed by atoms with van der Waals surface area (Å²) in [6, 6.07) is 6.02. The number of piperazine rings is 1. The minimum atomic E-state index is 0.108. The lowest BCUT2D eigenvalue weighted by atomic mass is 10.1. The molecule has 0 saturated carbocycles. The highest BCUT2D eigenvalue weighted by Crippen LogP contribution is 2.24. The van der Waals surface area contributed by atoms with E-state index in [2.05, 4.69) is 35.7 Å². The van der Waals surface area contributed by atoms with Crippen LogP contribution in [-0.4, -0.2) is 79.0 Å². The molecular formula is C20H30N4O. The zero-order chi connectivity index (χ0) is 18.0. The minimum absolute atomic E-state index is 0.108. The lowest BCUT2D eigenvalue weighted by molar-refractivity contribution is 0.0760. The van der Waals surface area contributed by atoms with Crippen LogP contribution in [0.5, 0.6) is 0 Å². The highest BCUT2D eigenvalue weighted by Gasteiger charge is 2.17. The third kappa shape index (κ3) is 3.88. The molecule has 136 valence electrons. The Morgan fingerprint density at radius 2 is 1.96 bits per heavy atom. The van der Waals surface area contributed by atoms with Crippen molar-refractivity contribution in [2.75, 3.05) is 53.4 Å². The molecule has 25 heavy (non-hydrogen) atoms. The number of nitrogens with zero attached hydrogens (tertiary/aromatic N) is 3. The Morgan fingerprint density at radius 3 is 2.64 bits per heavy atom. The second kappa shape index (κ2) is 7.58. The van der Waals surface area contributed by atoms with E-state index in [1.165, 1.54) is 16.6 Å². The van der Waals surface area contributed by atoms with Crippen LogP contribution in [0.2, 0.25) is 0 Å². The molecule has 1 amide bonds. The predicted molar refractivity (Wildman–Crippen MR) is 103 cm³/mol. The molecule has 1 N–H and O–H groups in total.